The Labute approximate surface area is 108 Å². The lowest BCUT2D eigenvalue weighted by atomic mass is 10.0. The fourth-order valence-corrected chi connectivity index (χ4v) is 1.94. The number of hydrogen-bond donors (Lipinski definition) is 1. The van der Waals surface area contributed by atoms with Crippen LogP contribution in [0.15, 0.2) is 24.9 Å². The van der Waals surface area contributed by atoms with E-state index in [1.807, 2.05) is 36.5 Å². The van der Waals surface area contributed by atoms with Crippen LogP contribution in [-0.4, -0.2) is 19.3 Å². The van der Waals surface area contributed by atoms with Crippen LogP contribution < -0.4 is 5.73 Å². The normalized spacial score (nSPS) is 13.2. The number of nitrogens with zero attached hydrogens (tertiary/aromatic N) is 4. The van der Waals surface area contributed by atoms with Gasteiger partial charge in [0.1, 0.15) is 0 Å². The monoisotopic (exact) mass is 247 g/mol. The SMILES string of the molecule is Cc1cnn(CCn2cncc2C(N)C(C)C)c1. The summed E-state index contributed by atoms with van der Waals surface area (Å²) in [6.45, 7) is 7.97. The number of aromatic nitrogens is 4. The van der Waals surface area contributed by atoms with Gasteiger partial charge in [-0.05, 0) is 18.4 Å². The molecule has 0 bridgehead atoms. The molecule has 0 radical (unpaired) electrons. The maximum atomic E-state index is 6.17. The van der Waals surface area contributed by atoms with Crippen molar-refractivity contribution >= 4 is 0 Å². The van der Waals surface area contributed by atoms with Gasteiger partial charge in [0, 0.05) is 25.0 Å². The highest BCUT2D eigenvalue weighted by Crippen LogP contribution is 2.18. The summed E-state index contributed by atoms with van der Waals surface area (Å²) in [5, 5.41) is 4.28. The van der Waals surface area contributed by atoms with Gasteiger partial charge in [0.05, 0.1) is 24.8 Å². The molecule has 5 nitrogen and oxygen atoms in total. The van der Waals surface area contributed by atoms with Crippen LogP contribution in [0.1, 0.15) is 31.1 Å². The Kier molecular flexibility index (Phi) is 3.81. The number of hydrogen-bond acceptors (Lipinski definition) is 3. The number of rotatable bonds is 5. The zero-order chi connectivity index (χ0) is 13.1. The number of nitrogens with two attached hydrogens (primary N) is 1. The van der Waals surface area contributed by atoms with Gasteiger partial charge in [-0.3, -0.25) is 4.68 Å². The zero-order valence-corrected chi connectivity index (χ0v) is 11.2. The first kappa shape index (κ1) is 12.8. The lowest BCUT2D eigenvalue weighted by Crippen LogP contribution is -2.21. The van der Waals surface area contributed by atoms with Gasteiger partial charge in [-0.1, -0.05) is 13.8 Å². The van der Waals surface area contributed by atoms with E-state index in [4.69, 9.17) is 5.73 Å². The van der Waals surface area contributed by atoms with Crippen LogP contribution in [0.25, 0.3) is 0 Å². The van der Waals surface area contributed by atoms with E-state index in [9.17, 15) is 0 Å². The van der Waals surface area contributed by atoms with Crippen molar-refractivity contribution in [3.8, 4) is 0 Å². The molecule has 0 amide bonds. The molecule has 0 aromatic carbocycles. The fourth-order valence-electron chi connectivity index (χ4n) is 1.94. The first-order chi connectivity index (χ1) is 8.58. The van der Waals surface area contributed by atoms with E-state index in [1.165, 1.54) is 5.56 Å². The van der Waals surface area contributed by atoms with E-state index in [0.717, 1.165) is 18.8 Å². The van der Waals surface area contributed by atoms with Crippen molar-refractivity contribution in [2.24, 2.45) is 11.7 Å². The van der Waals surface area contributed by atoms with E-state index in [0.29, 0.717) is 5.92 Å². The van der Waals surface area contributed by atoms with Crippen molar-refractivity contribution in [3.63, 3.8) is 0 Å². The molecule has 2 heterocycles. The molecule has 2 N–H and O–H groups in total. The minimum absolute atomic E-state index is 0.0341. The van der Waals surface area contributed by atoms with Crippen LogP contribution >= 0.6 is 0 Å². The van der Waals surface area contributed by atoms with Crippen molar-refractivity contribution in [2.75, 3.05) is 0 Å². The highest BCUT2D eigenvalue weighted by molar-refractivity contribution is 5.05. The summed E-state index contributed by atoms with van der Waals surface area (Å²) >= 11 is 0. The lowest BCUT2D eigenvalue weighted by Gasteiger charge is -2.17. The molecule has 0 spiro atoms. The Bertz CT molecular complexity index is 497. The van der Waals surface area contributed by atoms with Gasteiger partial charge < -0.3 is 10.3 Å². The van der Waals surface area contributed by atoms with E-state index in [1.54, 1.807) is 0 Å². The summed E-state index contributed by atoms with van der Waals surface area (Å²) in [5.41, 5.74) is 8.44. The summed E-state index contributed by atoms with van der Waals surface area (Å²) in [4.78, 5) is 4.20. The standard InChI is InChI=1S/C13H21N5/c1-10(2)13(14)12-7-15-9-17(12)4-5-18-8-11(3)6-16-18/h6-10,13H,4-5,14H2,1-3H3. The van der Waals surface area contributed by atoms with Crippen LogP contribution in [0.4, 0.5) is 0 Å². The predicted molar refractivity (Wildman–Crippen MR) is 71.0 cm³/mol. The molecule has 0 aliphatic rings. The number of imidazole rings is 1. The number of aryl methyl sites for hydroxylation is 3. The van der Waals surface area contributed by atoms with E-state index >= 15 is 0 Å². The highest BCUT2D eigenvalue weighted by Gasteiger charge is 2.14. The van der Waals surface area contributed by atoms with Gasteiger partial charge in [0.15, 0.2) is 0 Å². The molecule has 5 heteroatoms. The molecule has 1 atom stereocenters. The second-order valence-electron chi connectivity index (χ2n) is 5.06. The average molecular weight is 247 g/mol. The van der Waals surface area contributed by atoms with E-state index in [2.05, 4.69) is 28.5 Å². The van der Waals surface area contributed by atoms with Crippen LogP contribution in [0.2, 0.25) is 0 Å². The molecule has 0 aliphatic carbocycles. The minimum atomic E-state index is 0.0341. The van der Waals surface area contributed by atoms with Crippen LogP contribution in [0.5, 0.6) is 0 Å². The maximum absolute atomic E-state index is 6.17. The molecule has 0 saturated carbocycles. The molecule has 2 aromatic rings. The van der Waals surface area contributed by atoms with Crippen molar-refractivity contribution in [3.05, 3.63) is 36.2 Å². The fraction of sp³-hybridized carbons (Fsp3) is 0.538. The van der Waals surface area contributed by atoms with Crippen LogP contribution in [-0.2, 0) is 13.1 Å². The Morgan fingerprint density at radius 3 is 2.67 bits per heavy atom. The second kappa shape index (κ2) is 5.35. The van der Waals surface area contributed by atoms with Crippen molar-refractivity contribution in [1.29, 1.82) is 0 Å². The molecule has 98 valence electrons. The van der Waals surface area contributed by atoms with Gasteiger partial charge in [0.2, 0.25) is 0 Å². The smallest absolute Gasteiger partial charge is 0.0949 e. The molecular formula is C13H21N5. The molecule has 1 unspecified atom stereocenters. The summed E-state index contributed by atoms with van der Waals surface area (Å²) in [7, 11) is 0. The van der Waals surface area contributed by atoms with Gasteiger partial charge >= 0.3 is 0 Å². The van der Waals surface area contributed by atoms with Crippen LogP contribution in [0.3, 0.4) is 0 Å². The van der Waals surface area contributed by atoms with Gasteiger partial charge in [-0.2, -0.15) is 5.10 Å². The first-order valence-corrected chi connectivity index (χ1v) is 6.32. The van der Waals surface area contributed by atoms with Gasteiger partial charge in [-0.25, -0.2) is 4.98 Å². The molecule has 0 saturated heterocycles. The summed E-state index contributed by atoms with van der Waals surface area (Å²) in [6.07, 6.45) is 7.61. The summed E-state index contributed by atoms with van der Waals surface area (Å²) < 4.78 is 4.06. The summed E-state index contributed by atoms with van der Waals surface area (Å²) in [5.74, 6) is 0.410. The van der Waals surface area contributed by atoms with Crippen molar-refractivity contribution in [2.45, 2.75) is 39.9 Å². The topological polar surface area (TPSA) is 61.7 Å². The largest absolute Gasteiger partial charge is 0.331 e. The molecule has 0 fully saturated rings. The van der Waals surface area contributed by atoms with E-state index < -0.39 is 0 Å². The molecule has 0 aliphatic heterocycles. The first-order valence-electron chi connectivity index (χ1n) is 6.32. The Balaban J connectivity index is 2.04. The quantitative estimate of drug-likeness (QED) is 0.875. The Morgan fingerprint density at radius 1 is 1.28 bits per heavy atom. The van der Waals surface area contributed by atoms with Crippen molar-refractivity contribution < 1.29 is 0 Å². The van der Waals surface area contributed by atoms with Crippen LogP contribution in [0, 0.1) is 12.8 Å². The van der Waals surface area contributed by atoms with Crippen molar-refractivity contribution in [1.82, 2.24) is 19.3 Å². The Morgan fingerprint density at radius 2 is 2.06 bits per heavy atom. The highest BCUT2D eigenvalue weighted by atomic mass is 15.3. The summed E-state index contributed by atoms with van der Waals surface area (Å²) in [6, 6.07) is 0.0341. The minimum Gasteiger partial charge on any atom is -0.331 e. The van der Waals surface area contributed by atoms with E-state index in [-0.39, 0.29) is 6.04 Å². The molecule has 2 aromatic heterocycles. The third-order valence-electron chi connectivity index (χ3n) is 3.14. The molecule has 2 rings (SSSR count). The maximum Gasteiger partial charge on any atom is 0.0949 e. The molecule has 18 heavy (non-hydrogen) atoms. The zero-order valence-electron chi connectivity index (χ0n) is 11.2. The Hall–Kier alpha value is -1.62. The average Bonchev–Trinajstić information content (AvgIpc) is 2.93. The van der Waals surface area contributed by atoms with Gasteiger partial charge in [-0.15, -0.1) is 0 Å². The second-order valence-corrected chi connectivity index (χ2v) is 5.06. The lowest BCUT2D eigenvalue weighted by molar-refractivity contribution is 0.457. The third-order valence-corrected chi connectivity index (χ3v) is 3.14. The third kappa shape index (κ3) is 2.79. The van der Waals surface area contributed by atoms with Gasteiger partial charge in [0.25, 0.3) is 0 Å². The molecular weight excluding hydrogens is 226 g/mol. The predicted octanol–water partition coefficient (Wildman–Crippen LogP) is 1.74.